The van der Waals surface area contributed by atoms with Gasteiger partial charge in [0.25, 0.3) is 0 Å². The first-order valence-electron chi connectivity index (χ1n) is 1.56. The third-order valence-corrected chi connectivity index (χ3v) is 1.06. The summed E-state index contributed by atoms with van der Waals surface area (Å²) in [6.45, 7) is 2.21. The molecule has 0 spiro atoms. The molecule has 1 nitrogen and oxygen atoms in total. The van der Waals surface area contributed by atoms with E-state index in [-0.39, 0.29) is 32.0 Å². The molecule has 0 fully saturated rings. The van der Waals surface area contributed by atoms with Gasteiger partial charge in [-0.3, -0.25) is 0 Å². The van der Waals surface area contributed by atoms with Crippen molar-refractivity contribution in [3.8, 4) is 0 Å². The largest absolute Gasteiger partial charge is 0.345 e. The quantitative estimate of drug-likeness (QED) is 0.517. The van der Waals surface area contributed by atoms with E-state index in [0.29, 0.717) is 0 Å². The maximum Gasteiger partial charge on any atom is 0.0882 e. The number of nitrogens with one attached hydrogen (secondary N) is 1. The van der Waals surface area contributed by atoms with E-state index >= 15 is 0 Å². The Balaban J connectivity index is -0.0000000150. The number of hydrogen-bond donors (Lipinski definition) is 1. The van der Waals surface area contributed by atoms with Crippen LogP contribution in [0.3, 0.4) is 0 Å². The predicted octanol–water partition coefficient (Wildman–Crippen LogP) is 1.25. The lowest BCUT2D eigenvalue weighted by Crippen LogP contribution is -2.06. The smallest absolute Gasteiger partial charge is 0.0882 e. The Morgan fingerprint density at radius 2 is 1.29 bits per heavy atom. The standard InChI is InChI=1S/C2H9NSi.3CH4/c1-3-4-2;;;/h3H,4H2,1-2H3;3*1H4. The lowest BCUT2D eigenvalue weighted by Gasteiger charge is -1.74. The molecule has 0 bridgehead atoms. The maximum atomic E-state index is 3.07. The zero-order chi connectivity index (χ0) is 3.41. The van der Waals surface area contributed by atoms with E-state index in [4.69, 9.17) is 0 Å². The van der Waals surface area contributed by atoms with Crippen molar-refractivity contribution in [3.63, 3.8) is 0 Å². The molecule has 0 heterocycles. The summed E-state index contributed by atoms with van der Waals surface area (Å²) in [4.78, 5) is 3.07. The molecule has 0 aromatic rings. The van der Waals surface area contributed by atoms with Crippen LogP contribution in [0.2, 0.25) is 6.55 Å². The second-order valence-corrected chi connectivity index (χ2v) is 2.12. The molecular weight excluding hydrogens is 102 g/mol. The Bertz CT molecular complexity index is 10.0. The Kier molecular flexibility index (Phi) is 135. The third-order valence-electron chi connectivity index (χ3n) is 0.354. The normalized spacial score (nSPS) is 6.00. The SMILES string of the molecule is C.C.C.CN[SiH2]C. The fourth-order valence-electron chi connectivity index (χ4n) is 0. The summed E-state index contributed by atoms with van der Waals surface area (Å²) in [6.07, 6.45) is 0. The highest BCUT2D eigenvalue weighted by Gasteiger charge is 1.53. The first-order valence-corrected chi connectivity index (χ1v) is 3.68. The van der Waals surface area contributed by atoms with Crippen LogP contribution >= 0.6 is 0 Å². The van der Waals surface area contributed by atoms with Gasteiger partial charge in [0.05, 0.1) is 9.68 Å². The van der Waals surface area contributed by atoms with Crippen LogP contribution in [0.25, 0.3) is 0 Å². The molecule has 0 aliphatic heterocycles. The Morgan fingerprint density at radius 1 is 1.14 bits per heavy atom. The van der Waals surface area contributed by atoms with Crippen molar-refractivity contribution in [2.75, 3.05) is 7.05 Å². The van der Waals surface area contributed by atoms with Gasteiger partial charge in [0.2, 0.25) is 0 Å². The minimum absolute atomic E-state index is 0. The molecule has 0 saturated carbocycles. The lowest BCUT2D eigenvalue weighted by molar-refractivity contribution is 1.25. The van der Waals surface area contributed by atoms with E-state index in [1.165, 1.54) is 0 Å². The van der Waals surface area contributed by atoms with E-state index in [0.717, 1.165) is 0 Å². The zero-order valence-corrected chi connectivity index (χ0v) is 4.62. The van der Waals surface area contributed by atoms with Crippen LogP contribution in [0.5, 0.6) is 0 Å². The summed E-state index contributed by atoms with van der Waals surface area (Å²) in [5.41, 5.74) is 0. The molecule has 0 aromatic heterocycles. The van der Waals surface area contributed by atoms with Gasteiger partial charge in [0.15, 0.2) is 0 Å². The second kappa shape index (κ2) is 34.9. The van der Waals surface area contributed by atoms with Gasteiger partial charge >= 0.3 is 0 Å². The van der Waals surface area contributed by atoms with Gasteiger partial charge in [-0.05, 0) is 7.05 Å². The van der Waals surface area contributed by atoms with Gasteiger partial charge < -0.3 is 4.98 Å². The van der Waals surface area contributed by atoms with Crippen molar-refractivity contribution in [1.29, 1.82) is 0 Å². The van der Waals surface area contributed by atoms with Crippen LogP contribution < -0.4 is 4.98 Å². The maximum absolute atomic E-state index is 3.07. The molecule has 0 radical (unpaired) electrons. The van der Waals surface area contributed by atoms with Gasteiger partial charge in [-0.1, -0.05) is 28.8 Å². The Morgan fingerprint density at radius 3 is 1.29 bits per heavy atom. The molecule has 7 heavy (non-hydrogen) atoms. The average molecular weight is 123 g/mol. The third kappa shape index (κ3) is 77.8. The van der Waals surface area contributed by atoms with Gasteiger partial charge in [-0.2, -0.15) is 0 Å². The van der Waals surface area contributed by atoms with Crippen LogP contribution in [0.1, 0.15) is 22.3 Å². The molecule has 0 aliphatic carbocycles. The van der Waals surface area contributed by atoms with E-state index in [2.05, 4.69) is 11.5 Å². The Labute approximate surface area is 51.4 Å². The minimum atomic E-state index is 0. The highest BCUT2D eigenvalue weighted by molar-refractivity contribution is 6.29. The zero-order valence-electron chi connectivity index (χ0n) is 3.21. The molecule has 0 aromatic carbocycles. The van der Waals surface area contributed by atoms with Gasteiger partial charge in [-0.25, -0.2) is 0 Å². The van der Waals surface area contributed by atoms with Crippen molar-refractivity contribution in [3.05, 3.63) is 0 Å². The minimum Gasteiger partial charge on any atom is -0.345 e. The monoisotopic (exact) mass is 123 g/mol. The van der Waals surface area contributed by atoms with Gasteiger partial charge in [0.1, 0.15) is 0 Å². The fourth-order valence-corrected chi connectivity index (χ4v) is 0. The van der Waals surface area contributed by atoms with E-state index in [9.17, 15) is 0 Å². The fraction of sp³-hybridized carbons (Fsp3) is 1.00. The lowest BCUT2D eigenvalue weighted by atomic mass is 11.6. The first-order chi connectivity index (χ1) is 1.91. The topological polar surface area (TPSA) is 12.0 Å². The number of rotatable bonds is 1. The van der Waals surface area contributed by atoms with Crippen molar-refractivity contribution < 1.29 is 0 Å². The molecule has 0 saturated heterocycles. The molecule has 1 N–H and O–H groups in total. The summed E-state index contributed by atoms with van der Waals surface area (Å²) in [6, 6.07) is 0. The molecule has 50 valence electrons. The molecular formula is C5H21NSi. The van der Waals surface area contributed by atoms with Gasteiger partial charge in [-0.15, -0.1) is 0 Å². The molecule has 0 amide bonds. The van der Waals surface area contributed by atoms with Gasteiger partial charge in [0, 0.05) is 0 Å². The van der Waals surface area contributed by atoms with Crippen molar-refractivity contribution in [1.82, 2.24) is 4.98 Å². The first kappa shape index (κ1) is 27.1. The summed E-state index contributed by atoms with van der Waals surface area (Å²) in [7, 11) is 2.17. The Hall–Kier alpha value is 0.177. The summed E-state index contributed by atoms with van der Waals surface area (Å²) < 4.78 is 0. The predicted molar refractivity (Wildman–Crippen MR) is 43.7 cm³/mol. The van der Waals surface area contributed by atoms with Crippen LogP contribution in [0.15, 0.2) is 0 Å². The van der Waals surface area contributed by atoms with E-state index < -0.39 is 0 Å². The van der Waals surface area contributed by atoms with E-state index in [1.807, 2.05) is 7.05 Å². The van der Waals surface area contributed by atoms with E-state index in [1.54, 1.807) is 0 Å². The van der Waals surface area contributed by atoms with Crippen molar-refractivity contribution in [2.24, 2.45) is 0 Å². The molecule has 2 heteroatoms. The molecule has 0 unspecified atom stereocenters. The van der Waals surface area contributed by atoms with Crippen LogP contribution in [-0.2, 0) is 0 Å². The van der Waals surface area contributed by atoms with Crippen molar-refractivity contribution in [2.45, 2.75) is 28.8 Å². The number of hydrogen-bond acceptors (Lipinski definition) is 1. The van der Waals surface area contributed by atoms with Crippen LogP contribution in [0.4, 0.5) is 0 Å². The highest BCUT2D eigenvalue weighted by Crippen LogP contribution is 1.30. The second-order valence-electron chi connectivity index (χ2n) is 0.707. The molecule has 0 atom stereocenters. The summed E-state index contributed by atoms with van der Waals surface area (Å²) in [5, 5.41) is 0. The van der Waals surface area contributed by atoms with Crippen LogP contribution in [0, 0.1) is 0 Å². The van der Waals surface area contributed by atoms with Crippen molar-refractivity contribution >= 4 is 9.68 Å². The summed E-state index contributed by atoms with van der Waals surface area (Å²) in [5.74, 6) is 0. The highest BCUT2D eigenvalue weighted by atomic mass is 28.2. The molecule has 0 aliphatic rings. The summed E-state index contributed by atoms with van der Waals surface area (Å²) >= 11 is 0. The van der Waals surface area contributed by atoms with Crippen LogP contribution in [-0.4, -0.2) is 16.7 Å². The average Bonchev–Trinajstić information content (AvgIpc) is 1.37. The molecule has 0 rings (SSSR count).